The first-order valence-electron chi connectivity index (χ1n) is 9.46. The zero-order chi connectivity index (χ0) is 21.0. The van der Waals surface area contributed by atoms with Crippen LogP contribution >= 0.6 is 0 Å². The molecule has 4 nitrogen and oxygen atoms in total. The lowest BCUT2D eigenvalue weighted by Crippen LogP contribution is -2.17. The summed E-state index contributed by atoms with van der Waals surface area (Å²) >= 11 is 0. The van der Waals surface area contributed by atoms with Crippen LogP contribution in [0.2, 0.25) is 0 Å². The van der Waals surface area contributed by atoms with Gasteiger partial charge in [-0.3, -0.25) is 0 Å². The summed E-state index contributed by atoms with van der Waals surface area (Å²) in [7, 11) is -3.61. The van der Waals surface area contributed by atoms with E-state index in [1.54, 1.807) is 12.1 Å². The molecule has 1 aromatic carbocycles. The molecule has 0 aliphatic heterocycles. The molecule has 0 fully saturated rings. The third-order valence-corrected chi connectivity index (χ3v) is 6.21. The van der Waals surface area contributed by atoms with E-state index in [4.69, 9.17) is 0 Å². The Bertz CT molecular complexity index is 810. The number of rotatable bonds is 6. The van der Waals surface area contributed by atoms with Gasteiger partial charge in [-0.25, -0.2) is 8.42 Å². The Morgan fingerprint density at radius 3 is 1.93 bits per heavy atom. The third-order valence-electron chi connectivity index (χ3n) is 4.51. The van der Waals surface area contributed by atoms with E-state index in [0.29, 0.717) is 12.0 Å². The highest BCUT2D eigenvalue weighted by Crippen LogP contribution is 2.40. The lowest BCUT2D eigenvalue weighted by atomic mass is 9.78. The molecule has 0 bridgehead atoms. The van der Waals surface area contributed by atoms with E-state index in [1.165, 1.54) is 6.08 Å². The number of benzene rings is 1. The average molecular weight is 392 g/mol. The van der Waals surface area contributed by atoms with Crippen LogP contribution in [0.4, 0.5) is 0 Å². The summed E-state index contributed by atoms with van der Waals surface area (Å²) in [6.45, 7) is 14.0. The second-order valence-electron chi connectivity index (χ2n) is 9.11. The van der Waals surface area contributed by atoms with Crippen molar-refractivity contribution >= 4 is 15.9 Å². The van der Waals surface area contributed by atoms with Gasteiger partial charge in [-0.05, 0) is 41.0 Å². The molecule has 0 saturated carbocycles. The van der Waals surface area contributed by atoms with Crippen molar-refractivity contribution in [3.05, 3.63) is 33.7 Å². The zero-order valence-corrected chi connectivity index (χ0v) is 18.5. The molecular weight excluding hydrogens is 358 g/mol. The fraction of sp³-hybridized carbons (Fsp3) is 0.591. The van der Waals surface area contributed by atoms with Gasteiger partial charge < -0.3 is 5.11 Å². The first kappa shape index (κ1) is 23.2. The number of allylic oxidation sites excluding steroid dienone is 1. The van der Waals surface area contributed by atoms with Gasteiger partial charge in [0.1, 0.15) is 16.7 Å². The molecule has 0 radical (unpaired) electrons. The van der Waals surface area contributed by atoms with E-state index in [-0.39, 0.29) is 27.2 Å². The molecule has 0 atom stereocenters. The normalized spacial score (nSPS) is 13.5. The van der Waals surface area contributed by atoms with Crippen LogP contribution in [0.3, 0.4) is 0 Å². The molecule has 0 aliphatic carbocycles. The number of sulfone groups is 1. The van der Waals surface area contributed by atoms with Gasteiger partial charge in [-0.15, -0.1) is 0 Å². The molecule has 0 spiro atoms. The summed E-state index contributed by atoms with van der Waals surface area (Å²) in [5.41, 5.74) is 1.46. The predicted octanol–water partition coefficient (Wildman–Crippen LogP) is 5.46. The largest absolute Gasteiger partial charge is 0.507 e. The first-order valence-corrected chi connectivity index (χ1v) is 11.1. The van der Waals surface area contributed by atoms with Crippen LogP contribution < -0.4 is 0 Å². The lowest BCUT2D eigenvalue weighted by molar-refractivity contribution is 0.423. The van der Waals surface area contributed by atoms with Gasteiger partial charge >= 0.3 is 0 Å². The minimum Gasteiger partial charge on any atom is -0.507 e. The first-order chi connectivity index (χ1) is 12.2. The molecule has 0 saturated heterocycles. The van der Waals surface area contributed by atoms with Crippen LogP contribution in [0.25, 0.3) is 6.08 Å². The molecule has 0 heterocycles. The van der Waals surface area contributed by atoms with E-state index >= 15 is 0 Å². The van der Waals surface area contributed by atoms with E-state index < -0.39 is 9.84 Å². The molecule has 1 aromatic rings. The van der Waals surface area contributed by atoms with Crippen LogP contribution in [-0.4, -0.2) is 19.3 Å². The molecule has 0 aliphatic rings. The number of nitrogens with zero attached hydrogens (tertiary/aromatic N) is 1. The Balaban J connectivity index is 3.57. The maximum atomic E-state index is 12.5. The molecule has 27 heavy (non-hydrogen) atoms. The van der Waals surface area contributed by atoms with Crippen molar-refractivity contribution in [2.45, 2.75) is 78.6 Å². The Morgan fingerprint density at radius 2 is 1.56 bits per heavy atom. The van der Waals surface area contributed by atoms with Crippen molar-refractivity contribution in [1.82, 2.24) is 0 Å². The van der Waals surface area contributed by atoms with Gasteiger partial charge in [0.2, 0.25) is 0 Å². The average Bonchev–Trinajstić information content (AvgIpc) is 2.51. The fourth-order valence-electron chi connectivity index (χ4n) is 2.88. The van der Waals surface area contributed by atoms with Gasteiger partial charge in [-0.2, -0.15) is 5.26 Å². The van der Waals surface area contributed by atoms with Crippen molar-refractivity contribution in [1.29, 1.82) is 5.26 Å². The van der Waals surface area contributed by atoms with Gasteiger partial charge in [0.15, 0.2) is 9.84 Å². The van der Waals surface area contributed by atoms with E-state index in [0.717, 1.165) is 24.0 Å². The second kappa shape index (κ2) is 8.48. The SMILES string of the molecule is CCCCCS(=O)(=O)/C(C#N)=C\c1cc(C(C)(C)C)c(O)c(C(C)(C)C)c1. The molecule has 5 heteroatoms. The Kier molecular flexibility index (Phi) is 7.30. The summed E-state index contributed by atoms with van der Waals surface area (Å²) in [6, 6.07) is 5.42. The van der Waals surface area contributed by atoms with Crippen LogP contribution in [0.15, 0.2) is 17.0 Å². The molecule has 0 unspecified atom stereocenters. The number of hydrogen-bond donors (Lipinski definition) is 1. The van der Waals surface area contributed by atoms with Gasteiger partial charge in [0.05, 0.1) is 5.75 Å². The standard InChI is InChI=1S/C22H33NO3S/c1-8-9-10-11-27(25,26)17(15-23)12-16-13-18(21(2,3)4)20(24)19(14-16)22(5,6)7/h12-14,24H,8-11H2,1-7H3/b17-12-. The predicted molar refractivity (Wildman–Crippen MR) is 112 cm³/mol. The molecule has 0 amide bonds. The molecule has 0 aromatic heterocycles. The number of phenols is 1. The number of aromatic hydroxyl groups is 1. The number of unbranched alkanes of at least 4 members (excludes halogenated alkanes) is 2. The summed E-state index contributed by atoms with van der Waals surface area (Å²) in [4.78, 5) is -0.219. The fourth-order valence-corrected chi connectivity index (χ4v) is 4.14. The maximum absolute atomic E-state index is 12.5. The third kappa shape index (κ3) is 6.10. The van der Waals surface area contributed by atoms with Gasteiger partial charge in [0, 0.05) is 11.1 Å². The molecular formula is C22H33NO3S. The second-order valence-corrected chi connectivity index (χ2v) is 11.2. The van der Waals surface area contributed by atoms with E-state index in [1.807, 2.05) is 54.5 Å². The minimum atomic E-state index is -3.61. The molecule has 1 rings (SSSR count). The smallest absolute Gasteiger partial charge is 0.188 e. The lowest BCUT2D eigenvalue weighted by Gasteiger charge is -2.28. The summed E-state index contributed by atoms with van der Waals surface area (Å²) < 4.78 is 25.1. The number of hydrogen-bond acceptors (Lipinski definition) is 4. The van der Waals surface area contributed by atoms with E-state index in [2.05, 4.69) is 0 Å². The zero-order valence-electron chi connectivity index (χ0n) is 17.7. The van der Waals surface area contributed by atoms with Crippen molar-refractivity contribution in [3.8, 4) is 11.8 Å². The highest BCUT2D eigenvalue weighted by molar-refractivity contribution is 7.95. The molecule has 150 valence electrons. The van der Waals surface area contributed by atoms with Crippen LogP contribution in [0.1, 0.15) is 84.4 Å². The van der Waals surface area contributed by atoms with E-state index in [9.17, 15) is 18.8 Å². The Labute approximate surface area is 164 Å². The quantitative estimate of drug-likeness (QED) is 0.516. The number of nitriles is 1. The maximum Gasteiger partial charge on any atom is 0.188 e. The Morgan fingerprint density at radius 1 is 1.07 bits per heavy atom. The molecule has 1 N–H and O–H groups in total. The summed E-state index contributed by atoms with van der Waals surface area (Å²) in [5.74, 6) is 0.216. The van der Waals surface area contributed by atoms with Crippen molar-refractivity contribution < 1.29 is 13.5 Å². The Hall–Kier alpha value is -1.80. The monoisotopic (exact) mass is 391 g/mol. The van der Waals surface area contributed by atoms with Crippen LogP contribution in [0, 0.1) is 11.3 Å². The van der Waals surface area contributed by atoms with Gasteiger partial charge in [0.25, 0.3) is 0 Å². The minimum absolute atomic E-state index is 0.0173. The van der Waals surface area contributed by atoms with Crippen LogP contribution in [0.5, 0.6) is 5.75 Å². The topological polar surface area (TPSA) is 78.2 Å². The summed E-state index contributed by atoms with van der Waals surface area (Å²) in [6.07, 6.45) is 3.72. The van der Waals surface area contributed by atoms with Crippen molar-refractivity contribution in [3.63, 3.8) is 0 Å². The number of phenolic OH excluding ortho intramolecular Hbond substituents is 1. The van der Waals surface area contributed by atoms with Crippen molar-refractivity contribution in [2.75, 3.05) is 5.75 Å². The van der Waals surface area contributed by atoms with Crippen molar-refractivity contribution in [2.24, 2.45) is 0 Å². The highest BCUT2D eigenvalue weighted by Gasteiger charge is 2.27. The summed E-state index contributed by atoms with van der Waals surface area (Å²) in [5, 5.41) is 20.2. The van der Waals surface area contributed by atoms with Crippen LogP contribution in [-0.2, 0) is 20.7 Å². The highest BCUT2D eigenvalue weighted by atomic mass is 32.2. The van der Waals surface area contributed by atoms with Gasteiger partial charge in [-0.1, -0.05) is 61.3 Å².